The third-order valence-electron chi connectivity index (χ3n) is 4.28. The predicted octanol–water partition coefficient (Wildman–Crippen LogP) is 2.80. The van der Waals surface area contributed by atoms with Gasteiger partial charge in [-0.25, -0.2) is 0 Å². The monoisotopic (exact) mass is 342 g/mol. The zero-order valence-electron chi connectivity index (χ0n) is 14.4. The molecule has 0 fully saturated rings. The maximum Gasteiger partial charge on any atom is 0.120 e. The number of nitrogens with one attached hydrogen (secondary N) is 1. The van der Waals surface area contributed by atoms with Crippen molar-refractivity contribution >= 4 is 10.9 Å². The van der Waals surface area contributed by atoms with Crippen molar-refractivity contribution in [3.05, 3.63) is 30.6 Å². The fraction of sp³-hybridized carbons (Fsp3) is 0.444. The van der Waals surface area contributed by atoms with Crippen LogP contribution in [0.2, 0.25) is 0 Å². The standard InChI is InChI=1S/C18H22N4O3/c1-12-10-23-5-6-24-11-13(2)25-15-3-4-17-16(7-15)18(21-20-17)14-8-19-22(12)9-14/h3-4,7-9,12-13H,5-6,10-11H2,1-2H3,(H,20,21)/t12-,13-/m0/s1. The van der Waals surface area contributed by atoms with Crippen molar-refractivity contribution in [1.82, 2.24) is 20.0 Å². The fourth-order valence-corrected chi connectivity index (χ4v) is 2.95. The number of ether oxygens (including phenoxy) is 3. The van der Waals surface area contributed by atoms with Crippen LogP contribution in [0.1, 0.15) is 19.9 Å². The highest BCUT2D eigenvalue weighted by atomic mass is 16.5. The molecule has 25 heavy (non-hydrogen) atoms. The number of benzene rings is 1. The molecule has 0 radical (unpaired) electrons. The van der Waals surface area contributed by atoms with Crippen LogP contribution in [-0.4, -0.2) is 52.5 Å². The number of aromatic nitrogens is 4. The Bertz CT molecular complexity index is 857. The van der Waals surface area contributed by atoms with Crippen molar-refractivity contribution in [2.45, 2.75) is 26.0 Å². The lowest BCUT2D eigenvalue weighted by Crippen LogP contribution is -2.21. The summed E-state index contributed by atoms with van der Waals surface area (Å²) in [5, 5.41) is 13.0. The molecule has 3 heterocycles. The summed E-state index contributed by atoms with van der Waals surface area (Å²) in [6.45, 7) is 6.29. The van der Waals surface area contributed by atoms with Crippen molar-refractivity contribution in [3.63, 3.8) is 0 Å². The molecule has 4 rings (SSSR count). The molecule has 1 aromatic carbocycles. The number of aromatic amines is 1. The van der Waals surface area contributed by atoms with E-state index in [1.54, 1.807) is 0 Å². The van der Waals surface area contributed by atoms with E-state index in [0.717, 1.165) is 27.9 Å². The van der Waals surface area contributed by atoms with E-state index in [9.17, 15) is 0 Å². The summed E-state index contributed by atoms with van der Waals surface area (Å²) in [5.74, 6) is 0.801. The zero-order valence-corrected chi connectivity index (χ0v) is 14.4. The lowest BCUT2D eigenvalue weighted by molar-refractivity contribution is 0.00976. The Morgan fingerprint density at radius 2 is 2.00 bits per heavy atom. The van der Waals surface area contributed by atoms with Gasteiger partial charge in [-0.2, -0.15) is 10.2 Å². The summed E-state index contributed by atoms with van der Waals surface area (Å²) < 4.78 is 19.2. The smallest absolute Gasteiger partial charge is 0.120 e. The quantitative estimate of drug-likeness (QED) is 0.680. The zero-order chi connectivity index (χ0) is 17.2. The van der Waals surface area contributed by atoms with E-state index in [2.05, 4.69) is 22.2 Å². The molecule has 0 aliphatic carbocycles. The summed E-state index contributed by atoms with van der Waals surface area (Å²) in [4.78, 5) is 0. The van der Waals surface area contributed by atoms with Gasteiger partial charge in [0, 0.05) is 17.1 Å². The third kappa shape index (κ3) is 3.38. The van der Waals surface area contributed by atoms with Gasteiger partial charge >= 0.3 is 0 Å². The Kier molecular flexibility index (Phi) is 4.42. The molecule has 4 bridgehead atoms. The van der Waals surface area contributed by atoms with Crippen molar-refractivity contribution in [2.24, 2.45) is 0 Å². The first kappa shape index (κ1) is 16.1. The van der Waals surface area contributed by atoms with Crippen LogP contribution in [0.5, 0.6) is 5.75 Å². The maximum atomic E-state index is 5.97. The lowest BCUT2D eigenvalue weighted by Gasteiger charge is -2.16. The first-order valence-electron chi connectivity index (χ1n) is 8.55. The molecule has 1 aliphatic rings. The Balaban J connectivity index is 1.73. The van der Waals surface area contributed by atoms with Crippen LogP contribution < -0.4 is 4.74 Å². The number of nitrogens with zero attached hydrogens (tertiary/aromatic N) is 3. The van der Waals surface area contributed by atoms with Gasteiger partial charge in [-0.15, -0.1) is 0 Å². The first-order chi connectivity index (χ1) is 12.2. The molecule has 7 heteroatoms. The highest BCUT2D eigenvalue weighted by Gasteiger charge is 2.15. The van der Waals surface area contributed by atoms with Gasteiger partial charge in [0.15, 0.2) is 0 Å². The first-order valence-corrected chi connectivity index (χ1v) is 8.55. The van der Waals surface area contributed by atoms with Crippen LogP contribution in [0, 0.1) is 0 Å². The van der Waals surface area contributed by atoms with Crippen LogP contribution >= 0.6 is 0 Å². The highest BCUT2D eigenvalue weighted by molar-refractivity contribution is 5.93. The molecule has 1 aliphatic heterocycles. The molecule has 2 atom stereocenters. The summed E-state index contributed by atoms with van der Waals surface area (Å²) >= 11 is 0. The van der Waals surface area contributed by atoms with Crippen molar-refractivity contribution in [1.29, 1.82) is 0 Å². The van der Waals surface area contributed by atoms with E-state index in [1.807, 2.05) is 42.2 Å². The molecule has 2 aromatic heterocycles. The van der Waals surface area contributed by atoms with Gasteiger partial charge in [-0.1, -0.05) is 0 Å². The normalized spacial score (nSPS) is 22.2. The van der Waals surface area contributed by atoms with E-state index >= 15 is 0 Å². The average molecular weight is 342 g/mol. The van der Waals surface area contributed by atoms with Gasteiger partial charge in [0.05, 0.1) is 44.2 Å². The van der Waals surface area contributed by atoms with E-state index < -0.39 is 0 Å². The fourth-order valence-electron chi connectivity index (χ4n) is 2.95. The largest absolute Gasteiger partial charge is 0.488 e. The van der Waals surface area contributed by atoms with Crippen LogP contribution in [0.3, 0.4) is 0 Å². The van der Waals surface area contributed by atoms with Gasteiger partial charge in [0.25, 0.3) is 0 Å². The second-order valence-corrected chi connectivity index (χ2v) is 6.42. The number of hydrogen-bond acceptors (Lipinski definition) is 5. The number of H-pyrrole nitrogens is 1. The van der Waals surface area contributed by atoms with Gasteiger partial charge < -0.3 is 14.2 Å². The van der Waals surface area contributed by atoms with E-state index in [-0.39, 0.29) is 12.1 Å². The maximum absolute atomic E-state index is 5.97. The molecule has 1 N–H and O–H groups in total. The molecular weight excluding hydrogens is 320 g/mol. The Hall–Kier alpha value is -2.38. The molecule has 0 saturated heterocycles. The molecule has 0 unspecified atom stereocenters. The van der Waals surface area contributed by atoms with E-state index in [0.29, 0.717) is 26.4 Å². The molecule has 7 nitrogen and oxygen atoms in total. The predicted molar refractivity (Wildman–Crippen MR) is 93.8 cm³/mol. The molecule has 132 valence electrons. The van der Waals surface area contributed by atoms with Gasteiger partial charge in [-0.05, 0) is 32.0 Å². The third-order valence-corrected chi connectivity index (χ3v) is 4.28. The number of rotatable bonds is 0. The van der Waals surface area contributed by atoms with Gasteiger partial charge in [0.1, 0.15) is 17.5 Å². The summed E-state index contributed by atoms with van der Waals surface area (Å²) in [6, 6.07) is 6.09. The van der Waals surface area contributed by atoms with Gasteiger partial charge in [-0.3, -0.25) is 9.78 Å². The molecule has 0 amide bonds. The molecule has 3 aromatic rings. The van der Waals surface area contributed by atoms with Crippen LogP contribution in [0.4, 0.5) is 0 Å². The van der Waals surface area contributed by atoms with Crippen LogP contribution in [0.15, 0.2) is 30.6 Å². The Labute approximate surface area is 145 Å². The van der Waals surface area contributed by atoms with Crippen LogP contribution in [0.25, 0.3) is 22.2 Å². The summed E-state index contributed by atoms with van der Waals surface area (Å²) in [6.07, 6.45) is 3.80. The van der Waals surface area contributed by atoms with Crippen molar-refractivity contribution in [3.8, 4) is 17.0 Å². The summed E-state index contributed by atoms with van der Waals surface area (Å²) in [5.41, 5.74) is 2.81. The minimum absolute atomic E-state index is 0.0395. The SMILES string of the molecule is C[C@H]1COCCOC[C@H](C)n2cc(cn2)-c2n[nH]c3ccc(cc23)O1. The minimum atomic E-state index is -0.0395. The molecular formula is C18H22N4O3. The molecule has 0 saturated carbocycles. The van der Waals surface area contributed by atoms with Gasteiger partial charge in [0.2, 0.25) is 0 Å². The number of hydrogen-bond donors (Lipinski definition) is 1. The van der Waals surface area contributed by atoms with Crippen molar-refractivity contribution < 1.29 is 14.2 Å². The van der Waals surface area contributed by atoms with Crippen molar-refractivity contribution in [2.75, 3.05) is 26.4 Å². The average Bonchev–Trinajstić information content (AvgIpc) is 3.23. The number of fused-ring (bicyclic) bond motifs is 4. The Morgan fingerprint density at radius 1 is 1.16 bits per heavy atom. The Morgan fingerprint density at radius 3 is 2.88 bits per heavy atom. The van der Waals surface area contributed by atoms with E-state index in [1.165, 1.54) is 0 Å². The minimum Gasteiger partial charge on any atom is -0.488 e. The topological polar surface area (TPSA) is 74.2 Å². The lowest BCUT2D eigenvalue weighted by atomic mass is 10.1. The van der Waals surface area contributed by atoms with Crippen LogP contribution in [-0.2, 0) is 9.47 Å². The second kappa shape index (κ2) is 6.85. The second-order valence-electron chi connectivity index (χ2n) is 6.42. The van der Waals surface area contributed by atoms with E-state index in [4.69, 9.17) is 14.2 Å². The molecule has 0 spiro atoms. The highest BCUT2D eigenvalue weighted by Crippen LogP contribution is 2.30. The summed E-state index contributed by atoms with van der Waals surface area (Å²) in [7, 11) is 0.